The number of carbonyl (C=O) groups is 2. The summed E-state index contributed by atoms with van der Waals surface area (Å²) in [5.74, 6) is -0.243. The molecule has 0 radical (unpaired) electrons. The summed E-state index contributed by atoms with van der Waals surface area (Å²) >= 11 is 0. The van der Waals surface area contributed by atoms with Crippen LogP contribution in [0.15, 0.2) is 72.3 Å². The monoisotopic (exact) mass is 537 g/mol. The highest BCUT2D eigenvalue weighted by Crippen LogP contribution is 2.36. The molecule has 2 amide bonds. The highest BCUT2D eigenvalue weighted by atomic mass is 28.4. The number of amides is 2. The van der Waals surface area contributed by atoms with Crippen LogP contribution in [0.25, 0.3) is 0 Å². The lowest BCUT2D eigenvalue weighted by Crippen LogP contribution is -2.66. The van der Waals surface area contributed by atoms with Crippen molar-refractivity contribution >= 4 is 30.7 Å². The third-order valence-electron chi connectivity index (χ3n) is 7.34. The van der Waals surface area contributed by atoms with E-state index in [-0.39, 0.29) is 29.5 Å². The van der Waals surface area contributed by atoms with Crippen LogP contribution in [0.3, 0.4) is 0 Å². The van der Waals surface area contributed by atoms with E-state index in [1.54, 1.807) is 13.0 Å². The second-order valence-electron chi connectivity index (χ2n) is 11.5. The van der Waals surface area contributed by atoms with E-state index >= 15 is 0 Å². The molecule has 1 N–H and O–H groups in total. The first kappa shape index (κ1) is 29.8. The largest absolute Gasteiger partial charge is 0.447 e. The smallest absolute Gasteiger partial charge is 0.417 e. The van der Waals surface area contributed by atoms with Gasteiger partial charge in [-0.1, -0.05) is 101 Å². The molecular formula is C31H43NO5Si. The molecule has 1 aliphatic heterocycles. The summed E-state index contributed by atoms with van der Waals surface area (Å²) in [6, 6.07) is 20.8. The fourth-order valence-electron chi connectivity index (χ4n) is 5.17. The van der Waals surface area contributed by atoms with Crippen LogP contribution < -0.4 is 10.4 Å². The van der Waals surface area contributed by atoms with Crippen molar-refractivity contribution in [1.29, 1.82) is 0 Å². The molecule has 1 saturated heterocycles. The molecule has 2 atom stereocenters. The van der Waals surface area contributed by atoms with E-state index in [2.05, 4.69) is 69.3 Å². The minimum absolute atomic E-state index is 0.0981. The minimum Gasteiger partial charge on any atom is -0.447 e. The van der Waals surface area contributed by atoms with E-state index in [0.717, 1.165) is 0 Å². The zero-order valence-electron chi connectivity index (χ0n) is 23.6. The Bertz CT molecular complexity index is 1050. The van der Waals surface area contributed by atoms with Gasteiger partial charge in [0.2, 0.25) is 0 Å². The summed E-state index contributed by atoms with van der Waals surface area (Å²) in [5, 5.41) is 13.0. The van der Waals surface area contributed by atoms with Gasteiger partial charge in [-0.2, -0.15) is 0 Å². The Morgan fingerprint density at radius 3 is 2.16 bits per heavy atom. The number of rotatable bonds is 11. The number of benzene rings is 2. The molecule has 1 aliphatic rings. The number of hydrogen-bond acceptors (Lipinski definition) is 5. The Balaban J connectivity index is 1.64. The summed E-state index contributed by atoms with van der Waals surface area (Å²) in [6.07, 6.45) is 2.11. The maximum atomic E-state index is 12.9. The lowest BCUT2D eigenvalue weighted by atomic mass is 10.0. The van der Waals surface area contributed by atoms with Crippen molar-refractivity contribution in [3.05, 3.63) is 72.3 Å². The predicted octanol–water partition coefficient (Wildman–Crippen LogP) is 5.04. The van der Waals surface area contributed by atoms with Gasteiger partial charge in [0.1, 0.15) is 6.61 Å². The number of imide groups is 1. The lowest BCUT2D eigenvalue weighted by molar-refractivity contribution is -0.125. The van der Waals surface area contributed by atoms with Gasteiger partial charge < -0.3 is 14.3 Å². The molecular weight excluding hydrogens is 494 g/mol. The second kappa shape index (κ2) is 12.9. The van der Waals surface area contributed by atoms with Gasteiger partial charge >= 0.3 is 6.09 Å². The number of aliphatic hydroxyl groups excluding tert-OH is 1. The van der Waals surface area contributed by atoms with E-state index in [0.29, 0.717) is 31.4 Å². The first-order chi connectivity index (χ1) is 18.0. The van der Waals surface area contributed by atoms with Gasteiger partial charge in [0, 0.05) is 12.2 Å². The van der Waals surface area contributed by atoms with Crippen LogP contribution in [0.1, 0.15) is 60.8 Å². The number of nitrogens with zero attached hydrogens (tertiary/aromatic N) is 1. The standard InChI is InChI=1S/C31H43NO5Si/c1-23(2)28-22-36-30(35)32(28)29(34)24(3)19-20-25(33)14-13-21-37-38(31(4,5)6,26-15-9-7-10-16-26)27-17-11-8-12-18-27/h7-12,15-19,23,25,28,33H,13-14,20-22H2,1-6H3/b24-19+/t25-,28-/m1/s1. The SMILES string of the molecule is C/C(=C\C[C@H](O)CCCO[Si](c1ccccc1)(c1ccccc1)C(C)(C)C)C(=O)N1C(=O)OC[C@@H]1C(C)C. The van der Waals surface area contributed by atoms with Gasteiger partial charge in [0.05, 0.1) is 12.1 Å². The van der Waals surface area contributed by atoms with Crippen LogP contribution in [0.4, 0.5) is 4.79 Å². The van der Waals surface area contributed by atoms with Crippen LogP contribution in [0.5, 0.6) is 0 Å². The highest BCUT2D eigenvalue weighted by Gasteiger charge is 2.50. The predicted molar refractivity (Wildman–Crippen MR) is 154 cm³/mol. The minimum atomic E-state index is -2.60. The molecule has 6 nitrogen and oxygen atoms in total. The lowest BCUT2D eigenvalue weighted by Gasteiger charge is -2.43. The van der Waals surface area contributed by atoms with Gasteiger partial charge in [-0.3, -0.25) is 4.79 Å². The molecule has 206 valence electrons. The van der Waals surface area contributed by atoms with E-state index in [4.69, 9.17) is 9.16 Å². The molecule has 7 heteroatoms. The van der Waals surface area contributed by atoms with Crippen molar-refractivity contribution in [3.63, 3.8) is 0 Å². The first-order valence-electron chi connectivity index (χ1n) is 13.6. The molecule has 1 fully saturated rings. The van der Waals surface area contributed by atoms with Crippen molar-refractivity contribution in [2.24, 2.45) is 5.92 Å². The summed E-state index contributed by atoms with van der Waals surface area (Å²) in [4.78, 5) is 26.2. The molecule has 2 aromatic carbocycles. The molecule has 0 bridgehead atoms. The molecule has 0 saturated carbocycles. The first-order valence-corrected chi connectivity index (χ1v) is 15.5. The fraction of sp³-hybridized carbons (Fsp3) is 0.484. The Labute approximate surface area is 228 Å². The third kappa shape index (κ3) is 6.63. The van der Waals surface area contributed by atoms with Crippen molar-refractivity contribution in [3.8, 4) is 0 Å². The van der Waals surface area contributed by atoms with Gasteiger partial charge in [-0.15, -0.1) is 0 Å². The normalized spacial score (nSPS) is 17.6. The van der Waals surface area contributed by atoms with E-state index < -0.39 is 20.5 Å². The van der Waals surface area contributed by atoms with E-state index in [1.807, 2.05) is 26.0 Å². The molecule has 1 heterocycles. The van der Waals surface area contributed by atoms with Gasteiger partial charge in [-0.05, 0) is 47.5 Å². The Hall–Kier alpha value is -2.74. The zero-order chi connectivity index (χ0) is 27.9. The van der Waals surface area contributed by atoms with Crippen molar-refractivity contribution in [1.82, 2.24) is 4.90 Å². The molecule has 2 aromatic rings. The molecule has 0 unspecified atom stereocenters. The van der Waals surface area contributed by atoms with Crippen molar-refractivity contribution in [2.75, 3.05) is 13.2 Å². The zero-order valence-corrected chi connectivity index (χ0v) is 24.6. The quantitative estimate of drug-likeness (QED) is 0.247. The van der Waals surface area contributed by atoms with Gasteiger partial charge in [0.25, 0.3) is 14.2 Å². The molecule has 3 rings (SSSR count). The number of cyclic esters (lactones) is 1. The maximum Gasteiger partial charge on any atom is 0.417 e. The Morgan fingerprint density at radius 2 is 1.66 bits per heavy atom. The molecule has 0 aliphatic carbocycles. The maximum absolute atomic E-state index is 12.9. The number of aliphatic hydroxyl groups is 1. The van der Waals surface area contributed by atoms with E-state index in [9.17, 15) is 14.7 Å². The second-order valence-corrected chi connectivity index (χ2v) is 15.8. The summed E-state index contributed by atoms with van der Waals surface area (Å²) in [6.45, 7) is 13.1. The topological polar surface area (TPSA) is 76.1 Å². The van der Waals surface area contributed by atoms with Crippen LogP contribution >= 0.6 is 0 Å². The van der Waals surface area contributed by atoms with Crippen LogP contribution in [-0.4, -0.2) is 55.7 Å². The molecule has 0 spiro atoms. The number of ether oxygens (including phenoxy) is 1. The van der Waals surface area contributed by atoms with Crippen LogP contribution in [0.2, 0.25) is 5.04 Å². The van der Waals surface area contributed by atoms with Gasteiger partial charge in [0.15, 0.2) is 0 Å². The summed E-state index contributed by atoms with van der Waals surface area (Å²) < 4.78 is 12.0. The summed E-state index contributed by atoms with van der Waals surface area (Å²) in [7, 11) is -2.60. The summed E-state index contributed by atoms with van der Waals surface area (Å²) in [5.41, 5.74) is 0.442. The van der Waals surface area contributed by atoms with Crippen molar-refractivity contribution in [2.45, 2.75) is 78.0 Å². The van der Waals surface area contributed by atoms with Crippen LogP contribution in [0, 0.1) is 5.92 Å². The fourth-order valence-corrected chi connectivity index (χ4v) is 9.78. The highest BCUT2D eigenvalue weighted by molar-refractivity contribution is 6.99. The van der Waals surface area contributed by atoms with Gasteiger partial charge in [-0.25, -0.2) is 9.69 Å². The average Bonchev–Trinajstić information content (AvgIpc) is 3.28. The molecule has 0 aromatic heterocycles. The van der Waals surface area contributed by atoms with E-state index in [1.165, 1.54) is 15.3 Å². The third-order valence-corrected chi connectivity index (χ3v) is 12.4. The number of hydrogen-bond donors (Lipinski definition) is 1. The number of carbonyl (C=O) groups excluding carboxylic acids is 2. The Kier molecular flexibility index (Phi) is 10.1. The van der Waals surface area contributed by atoms with Crippen LogP contribution in [-0.2, 0) is 14.0 Å². The Morgan fingerprint density at radius 1 is 1.11 bits per heavy atom. The van der Waals surface area contributed by atoms with Crippen molar-refractivity contribution < 1.29 is 23.9 Å². The molecule has 38 heavy (non-hydrogen) atoms. The average molecular weight is 538 g/mol.